The number of benzene rings is 1. The molecule has 0 unspecified atom stereocenters. The molecule has 0 saturated heterocycles. The van der Waals surface area contributed by atoms with Crippen LogP contribution in [0.25, 0.3) is 0 Å². The first-order valence-electron chi connectivity index (χ1n) is 7.07. The van der Waals surface area contributed by atoms with Crippen LogP contribution in [0.5, 0.6) is 11.5 Å². The third-order valence-corrected chi connectivity index (χ3v) is 3.07. The molecule has 0 amide bonds. The highest BCUT2D eigenvalue weighted by molar-refractivity contribution is 5.85. The molecule has 0 aliphatic heterocycles. The predicted molar refractivity (Wildman–Crippen MR) is 93.4 cm³/mol. The van der Waals surface area contributed by atoms with Crippen molar-refractivity contribution >= 4 is 24.3 Å². The van der Waals surface area contributed by atoms with E-state index in [1.165, 1.54) is 25.1 Å². The summed E-state index contributed by atoms with van der Waals surface area (Å²) in [4.78, 5) is 23.6. The Bertz CT molecular complexity index is 597. The van der Waals surface area contributed by atoms with Crippen molar-refractivity contribution in [1.29, 1.82) is 0 Å². The van der Waals surface area contributed by atoms with Crippen molar-refractivity contribution in [1.82, 2.24) is 0 Å². The average Bonchev–Trinajstić information content (AvgIpc) is 2.41. The molecule has 1 atom stereocenters. The normalized spacial score (nSPS) is 12.8. The third kappa shape index (κ3) is 7.59. The zero-order chi connectivity index (χ0) is 17.8. The molecule has 0 fully saturated rings. The van der Waals surface area contributed by atoms with Crippen LogP contribution in [0.1, 0.15) is 33.3 Å². The van der Waals surface area contributed by atoms with Gasteiger partial charge in [0.25, 0.3) is 0 Å². The lowest BCUT2D eigenvalue weighted by Crippen LogP contribution is -2.48. The molecule has 6 N–H and O–H groups in total. The molecule has 1 rings (SSSR count). The molecular weight excluding hydrogens is 354 g/mol. The van der Waals surface area contributed by atoms with Crippen LogP contribution in [-0.2, 0) is 25.5 Å². The average molecular weight is 380 g/mol. The molecule has 8 nitrogen and oxygen atoms in total. The summed E-state index contributed by atoms with van der Waals surface area (Å²) in [5.74, 6) is -1.80. The fourth-order valence-electron chi connectivity index (χ4n) is 1.69. The highest BCUT2D eigenvalue weighted by Gasteiger charge is 2.31. The number of hydrogen-bond donors (Lipinski definition) is 3. The maximum Gasteiger partial charge on any atom is 0.329 e. The molecule has 1 aromatic carbocycles. The Kier molecular flexibility index (Phi) is 9.53. The van der Waals surface area contributed by atoms with Crippen molar-refractivity contribution in [2.75, 3.05) is 6.79 Å². The number of aromatic hydroxyl groups is 2. The zero-order valence-corrected chi connectivity index (χ0v) is 15.5. The van der Waals surface area contributed by atoms with E-state index in [1.807, 2.05) is 0 Å². The third-order valence-electron chi connectivity index (χ3n) is 3.07. The molecule has 25 heavy (non-hydrogen) atoms. The zero-order valence-electron chi connectivity index (χ0n) is 14.7. The molecule has 144 valence electrons. The number of ether oxygens (including phenoxy) is 2. The first-order chi connectivity index (χ1) is 10.4. The molecule has 0 aromatic heterocycles. The summed E-state index contributed by atoms with van der Waals surface area (Å²) in [6, 6.07) is 4.15. The molecule has 0 aliphatic carbocycles. The van der Waals surface area contributed by atoms with Gasteiger partial charge in [-0.15, -0.1) is 12.4 Å². The van der Waals surface area contributed by atoms with Crippen LogP contribution >= 0.6 is 12.4 Å². The van der Waals surface area contributed by atoms with Gasteiger partial charge >= 0.3 is 11.9 Å². The molecule has 0 spiro atoms. The molecular formula is C16H26ClNO7. The van der Waals surface area contributed by atoms with E-state index in [9.17, 15) is 19.8 Å². The number of esters is 2. The van der Waals surface area contributed by atoms with E-state index < -0.39 is 29.7 Å². The van der Waals surface area contributed by atoms with E-state index >= 15 is 0 Å². The maximum absolute atomic E-state index is 12.0. The van der Waals surface area contributed by atoms with Gasteiger partial charge in [-0.1, -0.05) is 6.07 Å². The molecule has 0 saturated carbocycles. The van der Waals surface area contributed by atoms with Gasteiger partial charge in [-0.25, -0.2) is 4.79 Å². The minimum Gasteiger partial charge on any atom is -0.504 e. The fourth-order valence-corrected chi connectivity index (χ4v) is 1.69. The van der Waals surface area contributed by atoms with Crippen LogP contribution < -0.4 is 5.73 Å². The summed E-state index contributed by atoms with van der Waals surface area (Å²) in [5, 5.41) is 18.7. The SMILES string of the molecule is CC(C)(C)C(=O)OCOC(=O)[C@](C)(N)Cc1ccc(O)c(O)c1.Cl.O. The highest BCUT2D eigenvalue weighted by Crippen LogP contribution is 2.26. The van der Waals surface area contributed by atoms with Gasteiger partial charge in [0.1, 0.15) is 5.54 Å². The Labute approximate surface area is 152 Å². The number of carbonyl (C=O) groups excluding carboxylic acids is 2. The van der Waals surface area contributed by atoms with Gasteiger partial charge < -0.3 is 30.9 Å². The molecule has 0 heterocycles. The summed E-state index contributed by atoms with van der Waals surface area (Å²) >= 11 is 0. The minimum absolute atomic E-state index is 0. The molecule has 1 aromatic rings. The summed E-state index contributed by atoms with van der Waals surface area (Å²) in [6.07, 6.45) is 0.0763. The monoisotopic (exact) mass is 379 g/mol. The fraction of sp³-hybridized carbons (Fsp3) is 0.500. The number of rotatable bonds is 5. The van der Waals surface area contributed by atoms with Gasteiger partial charge in [0.15, 0.2) is 11.5 Å². The topological polar surface area (TPSA) is 151 Å². The molecule has 0 radical (unpaired) electrons. The van der Waals surface area contributed by atoms with E-state index in [4.69, 9.17) is 15.2 Å². The second-order valence-corrected chi connectivity index (χ2v) is 6.65. The van der Waals surface area contributed by atoms with Crippen LogP contribution in [-0.4, -0.2) is 40.0 Å². The lowest BCUT2D eigenvalue weighted by atomic mass is 9.94. The van der Waals surface area contributed by atoms with Crippen molar-refractivity contribution in [3.8, 4) is 11.5 Å². The smallest absolute Gasteiger partial charge is 0.329 e. The van der Waals surface area contributed by atoms with Gasteiger partial charge in [-0.2, -0.15) is 0 Å². The van der Waals surface area contributed by atoms with E-state index in [0.717, 1.165) is 0 Å². The molecule has 0 bridgehead atoms. The van der Waals surface area contributed by atoms with E-state index in [1.54, 1.807) is 20.8 Å². The Morgan fingerprint density at radius 3 is 2.04 bits per heavy atom. The number of phenolic OH excluding ortho intramolecular Hbond substituents is 2. The number of hydrogen-bond acceptors (Lipinski definition) is 7. The summed E-state index contributed by atoms with van der Waals surface area (Å²) in [6.45, 7) is 6.00. The number of carbonyl (C=O) groups is 2. The minimum atomic E-state index is -1.38. The van der Waals surface area contributed by atoms with Crippen LogP contribution in [0.4, 0.5) is 0 Å². The lowest BCUT2D eigenvalue weighted by molar-refractivity contribution is -0.176. The summed E-state index contributed by atoms with van der Waals surface area (Å²) < 4.78 is 9.73. The summed E-state index contributed by atoms with van der Waals surface area (Å²) in [5.41, 5.74) is 4.40. The van der Waals surface area contributed by atoms with E-state index in [-0.39, 0.29) is 35.8 Å². The summed E-state index contributed by atoms with van der Waals surface area (Å²) in [7, 11) is 0. The van der Waals surface area contributed by atoms with Crippen LogP contribution in [0.2, 0.25) is 0 Å². The van der Waals surface area contributed by atoms with Gasteiger partial charge in [-0.3, -0.25) is 4.79 Å². The Hall–Kier alpha value is -2.03. The van der Waals surface area contributed by atoms with Crippen molar-refractivity contribution in [3.05, 3.63) is 23.8 Å². The van der Waals surface area contributed by atoms with E-state index in [0.29, 0.717) is 5.56 Å². The second-order valence-electron chi connectivity index (χ2n) is 6.65. The Morgan fingerprint density at radius 1 is 1.04 bits per heavy atom. The van der Waals surface area contributed by atoms with Crippen molar-refractivity contribution in [2.24, 2.45) is 11.1 Å². The van der Waals surface area contributed by atoms with Gasteiger partial charge in [0.2, 0.25) is 6.79 Å². The Balaban J connectivity index is 0. The standard InChI is InChI=1S/C16H23NO6.ClH.H2O/c1-15(2,3)13(20)22-9-23-14(21)16(4,17)8-10-5-6-11(18)12(19)7-10;;/h5-7,18-19H,8-9,17H2,1-4H3;1H;1H2/t16-;;/m1../s1. The van der Waals surface area contributed by atoms with Gasteiger partial charge in [0.05, 0.1) is 5.41 Å². The van der Waals surface area contributed by atoms with Gasteiger partial charge in [-0.05, 0) is 45.4 Å². The Morgan fingerprint density at radius 2 is 1.56 bits per heavy atom. The first kappa shape index (κ1) is 25.2. The van der Waals surface area contributed by atoms with Crippen LogP contribution in [0.3, 0.4) is 0 Å². The number of phenols is 2. The predicted octanol–water partition coefficient (Wildman–Crippen LogP) is 1.04. The molecule has 9 heteroatoms. The quantitative estimate of drug-likeness (QED) is 0.392. The first-order valence-corrected chi connectivity index (χ1v) is 7.07. The van der Waals surface area contributed by atoms with Crippen molar-refractivity contribution in [2.45, 2.75) is 39.7 Å². The van der Waals surface area contributed by atoms with E-state index in [2.05, 4.69) is 0 Å². The van der Waals surface area contributed by atoms with Crippen LogP contribution in [0.15, 0.2) is 18.2 Å². The second kappa shape index (κ2) is 9.45. The largest absolute Gasteiger partial charge is 0.504 e. The maximum atomic E-state index is 12.0. The van der Waals surface area contributed by atoms with Crippen molar-refractivity contribution in [3.63, 3.8) is 0 Å². The van der Waals surface area contributed by atoms with Crippen molar-refractivity contribution < 1.29 is 34.8 Å². The lowest BCUT2D eigenvalue weighted by Gasteiger charge is -2.23. The van der Waals surface area contributed by atoms with Crippen LogP contribution in [0, 0.1) is 5.41 Å². The number of nitrogens with two attached hydrogens (primary N) is 1. The molecule has 0 aliphatic rings. The van der Waals surface area contributed by atoms with Gasteiger partial charge in [0, 0.05) is 6.42 Å². The number of halogens is 1. The highest BCUT2D eigenvalue weighted by atomic mass is 35.5.